The topological polar surface area (TPSA) is 56.0 Å². The summed E-state index contributed by atoms with van der Waals surface area (Å²) in [7, 11) is 0. The fourth-order valence-electron chi connectivity index (χ4n) is 2.97. The van der Waals surface area contributed by atoms with Crippen LogP contribution in [-0.2, 0) is 0 Å². The molecular weight excluding hydrogens is 330 g/mol. The zero-order valence-corrected chi connectivity index (χ0v) is 14.0. The Labute approximate surface area is 148 Å². The van der Waals surface area contributed by atoms with Crippen LogP contribution in [0.5, 0.6) is 0 Å². The number of rotatable bonds is 2. The molecule has 2 aromatic heterocycles. The zero-order chi connectivity index (χ0) is 16.6. The molecule has 1 aliphatic heterocycles. The third-order valence-electron chi connectivity index (χ3n) is 4.12. The molecule has 5 nitrogen and oxygen atoms in total. The van der Waals surface area contributed by atoms with Gasteiger partial charge in [0.05, 0.1) is 11.2 Å². The maximum absolute atomic E-state index is 4.83. The average molecular weight is 343 g/mol. The van der Waals surface area contributed by atoms with Crippen molar-refractivity contribution in [3.05, 3.63) is 60.7 Å². The summed E-state index contributed by atoms with van der Waals surface area (Å²) in [6.07, 6.45) is 1.88. The molecule has 25 heavy (non-hydrogen) atoms. The molecule has 0 spiro atoms. The number of nitrogens with zero attached hydrogens (tertiary/aromatic N) is 5. The molecule has 6 heteroatoms. The van der Waals surface area contributed by atoms with Gasteiger partial charge in [0.2, 0.25) is 5.16 Å². The Balaban J connectivity index is 1.80. The van der Waals surface area contributed by atoms with E-state index in [0.29, 0.717) is 0 Å². The molecule has 0 bridgehead atoms. The molecular formula is C19H13N5S. The molecule has 1 aliphatic rings. The molecule has 0 unspecified atom stereocenters. The quantitative estimate of drug-likeness (QED) is 0.550. The van der Waals surface area contributed by atoms with Crippen LogP contribution in [0.25, 0.3) is 33.5 Å². The molecule has 0 saturated carbocycles. The first-order valence-corrected chi connectivity index (χ1v) is 8.95. The summed E-state index contributed by atoms with van der Waals surface area (Å²) in [6, 6.07) is 20.4. The van der Waals surface area contributed by atoms with Crippen LogP contribution in [0.2, 0.25) is 0 Å². The largest absolute Gasteiger partial charge is 0.248 e. The normalized spacial score (nSPS) is 13.1. The highest BCUT2D eigenvalue weighted by molar-refractivity contribution is 7.99. The van der Waals surface area contributed by atoms with E-state index in [9.17, 15) is 0 Å². The van der Waals surface area contributed by atoms with E-state index in [1.165, 1.54) is 0 Å². The van der Waals surface area contributed by atoms with Gasteiger partial charge in [0.25, 0.3) is 0 Å². The lowest BCUT2D eigenvalue weighted by Gasteiger charge is -2.11. The first-order chi connectivity index (χ1) is 12.4. The molecule has 120 valence electrons. The number of para-hydroxylation sites is 1. The number of pyridine rings is 1. The third kappa shape index (κ3) is 2.42. The highest BCUT2D eigenvalue weighted by atomic mass is 32.2. The van der Waals surface area contributed by atoms with E-state index in [2.05, 4.69) is 39.6 Å². The minimum Gasteiger partial charge on any atom is -0.248 e. The molecule has 0 aliphatic carbocycles. The SMILES string of the molecule is C1=Nn2c(nnc2-c2cc(-c3ccccc3)nc3ccccc23)SC1. The van der Waals surface area contributed by atoms with Crippen LogP contribution < -0.4 is 0 Å². The van der Waals surface area contributed by atoms with Crippen molar-refractivity contribution in [3.8, 4) is 22.6 Å². The van der Waals surface area contributed by atoms with E-state index >= 15 is 0 Å². The van der Waals surface area contributed by atoms with E-state index in [0.717, 1.165) is 44.5 Å². The van der Waals surface area contributed by atoms with Gasteiger partial charge in [-0.3, -0.25) is 0 Å². The van der Waals surface area contributed by atoms with E-state index in [4.69, 9.17) is 4.98 Å². The van der Waals surface area contributed by atoms with Crippen LogP contribution in [-0.4, -0.2) is 31.8 Å². The van der Waals surface area contributed by atoms with Crippen molar-refractivity contribution in [1.29, 1.82) is 0 Å². The highest BCUT2D eigenvalue weighted by Gasteiger charge is 2.19. The molecule has 4 aromatic rings. The average Bonchev–Trinajstić information content (AvgIpc) is 3.12. The van der Waals surface area contributed by atoms with E-state index < -0.39 is 0 Å². The summed E-state index contributed by atoms with van der Waals surface area (Å²) in [5.41, 5.74) is 3.91. The lowest BCUT2D eigenvalue weighted by Crippen LogP contribution is -2.02. The van der Waals surface area contributed by atoms with Crippen LogP contribution in [0.4, 0.5) is 0 Å². The molecule has 0 saturated heterocycles. The minimum absolute atomic E-state index is 0.745. The van der Waals surface area contributed by atoms with Gasteiger partial charge in [-0.25, -0.2) is 4.98 Å². The summed E-state index contributed by atoms with van der Waals surface area (Å²) in [5, 5.41) is 15.0. The van der Waals surface area contributed by atoms with E-state index in [-0.39, 0.29) is 0 Å². The van der Waals surface area contributed by atoms with Gasteiger partial charge in [-0.05, 0) is 12.1 Å². The van der Waals surface area contributed by atoms with Crippen LogP contribution in [0.3, 0.4) is 0 Å². The van der Waals surface area contributed by atoms with Gasteiger partial charge in [0.15, 0.2) is 5.82 Å². The number of thioether (sulfide) groups is 1. The van der Waals surface area contributed by atoms with Crippen LogP contribution in [0.1, 0.15) is 0 Å². The fourth-order valence-corrected chi connectivity index (χ4v) is 3.62. The van der Waals surface area contributed by atoms with Gasteiger partial charge in [0.1, 0.15) is 0 Å². The number of benzene rings is 2. The Bertz CT molecular complexity index is 1100. The monoisotopic (exact) mass is 343 g/mol. The first kappa shape index (κ1) is 14.4. The predicted octanol–water partition coefficient (Wildman–Crippen LogP) is 4.10. The lowest BCUT2D eigenvalue weighted by atomic mass is 10.0. The summed E-state index contributed by atoms with van der Waals surface area (Å²) < 4.78 is 1.81. The van der Waals surface area contributed by atoms with Crippen molar-refractivity contribution in [2.75, 3.05) is 5.75 Å². The van der Waals surface area contributed by atoms with Gasteiger partial charge in [-0.2, -0.15) is 9.78 Å². The Morgan fingerprint density at radius 1 is 0.920 bits per heavy atom. The van der Waals surface area contributed by atoms with Crippen LogP contribution in [0, 0.1) is 0 Å². The summed E-state index contributed by atoms with van der Waals surface area (Å²) in [4.78, 5) is 4.83. The second kappa shape index (κ2) is 5.82. The van der Waals surface area contributed by atoms with Crippen LogP contribution >= 0.6 is 11.8 Å². The fraction of sp³-hybridized carbons (Fsp3) is 0.0526. The van der Waals surface area contributed by atoms with E-state index in [1.807, 2.05) is 47.3 Å². The molecule has 3 heterocycles. The maximum Gasteiger partial charge on any atom is 0.212 e. The number of hydrogen-bond donors (Lipinski definition) is 0. The number of hydrogen-bond acceptors (Lipinski definition) is 5. The molecule has 0 N–H and O–H groups in total. The van der Waals surface area contributed by atoms with Crippen molar-refractivity contribution in [3.63, 3.8) is 0 Å². The zero-order valence-electron chi connectivity index (χ0n) is 13.2. The molecule has 0 radical (unpaired) electrons. The Hall–Kier alpha value is -2.99. The van der Waals surface area contributed by atoms with Gasteiger partial charge in [-0.1, -0.05) is 60.3 Å². The Morgan fingerprint density at radius 3 is 2.68 bits per heavy atom. The van der Waals surface area contributed by atoms with Gasteiger partial charge < -0.3 is 0 Å². The Kier molecular flexibility index (Phi) is 3.34. The smallest absolute Gasteiger partial charge is 0.212 e. The standard InChI is InChI=1S/C19H13N5S/c1-2-6-13(7-3-1)17-12-15(14-8-4-5-9-16(14)21-17)18-22-23-19-24(18)20-10-11-25-19/h1-10,12H,11H2. The second-order valence-corrected chi connectivity index (χ2v) is 6.65. The minimum atomic E-state index is 0.745. The Morgan fingerprint density at radius 2 is 1.76 bits per heavy atom. The number of fused-ring (bicyclic) bond motifs is 2. The first-order valence-electron chi connectivity index (χ1n) is 7.97. The third-order valence-corrected chi connectivity index (χ3v) is 4.95. The van der Waals surface area contributed by atoms with Crippen molar-refractivity contribution in [2.24, 2.45) is 5.10 Å². The second-order valence-electron chi connectivity index (χ2n) is 5.67. The predicted molar refractivity (Wildman–Crippen MR) is 101 cm³/mol. The van der Waals surface area contributed by atoms with Gasteiger partial charge in [0, 0.05) is 28.5 Å². The highest BCUT2D eigenvalue weighted by Crippen LogP contribution is 2.33. The summed E-state index contributed by atoms with van der Waals surface area (Å²) in [5.74, 6) is 1.57. The van der Waals surface area contributed by atoms with E-state index in [1.54, 1.807) is 11.8 Å². The van der Waals surface area contributed by atoms with Crippen molar-refractivity contribution >= 4 is 28.9 Å². The van der Waals surface area contributed by atoms with Crippen molar-refractivity contribution in [1.82, 2.24) is 19.9 Å². The molecule has 0 fully saturated rings. The summed E-state index contributed by atoms with van der Waals surface area (Å²) >= 11 is 1.63. The van der Waals surface area contributed by atoms with Crippen LogP contribution in [0.15, 0.2) is 70.9 Å². The molecule has 2 aromatic carbocycles. The van der Waals surface area contributed by atoms with Gasteiger partial charge in [-0.15, -0.1) is 10.2 Å². The number of aromatic nitrogens is 4. The lowest BCUT2D eigenvalue weighted by molar-refractivity contribution is 0.767. The molecule has 5 rings (SSSR count). The van der Waals surface area contributed by atoms with Crippen molar-refractivity contribution in [2.45, 2.75) is 5.16 Å². The van der Waals surface area contributed by atoms with Crippen molar-refractivity contribution < 1.29 is 0 Å². The maximum atomic E-state index is 4.83. The van der Waals surface area contributed by atoms with Gasteiger partial charge >= 0.3 is 0 Å². The summed E-state index contributed by atoms with van der Waals surface area (Å²) in [6.45, 7) is 0. The molecule has 0 amide bonds. The molecule has 0 atom stereocenters.